The number of rotatable bonds is 2. The molecule has 2 aromatic rings. The van der Waals surface area contributed by atoms with Crippen LogP contribution in [0.1, 0.15) is 16.1 Å². The number of esters is 1. The second kappa shape index (κ2) is 3.74. The molecule has 0 unspecified atom stereocenters. The summed E-state index contributed by atoms with van der Waals surface area (Å²) in [6.07, 6.45) is 0. The van der Waals surface area contributed by atoms with Crippen molar-refractivity contribution in [3.05, 3.63) is 35.5 Å². The predicted molar refractivity (Wildman–Crippen MR) is 57.5 cm³/mol. The minimum atomic E-state index is -0.342. The average molecular weight is 204 g/mol. The molecule has 0 saturated carbocycles. The monoisotopic (exact) mass is 204 g/mol. The first-order valence-corrected chi connectivity index (χ1v) is 4.65. The Bertz CT molecular complexity index is 502. The number of nitrogens with one attached hydrogen (secondary N) is 1. The number of carbonyl (C=O) groups is 1. The van der Waals surface area contributed by atoms with Crippen molar-refractivity contribution in [2.45, 2.75) is 6.54 Å². The second-order valence-corrected chi connectivity index (χ2v) is 3.26. The maximum Gasteiger partial charge on any atom is 0.339 e. The van der Waals surface area contributed by atoms with E-state index in [-0.39, 0.29) is 5.97 Å². The van der Waals surface area contributed by atoms with Gasteiger partial charge in [-0.25, -0.2) is 4.79 Å². The van der Waals surface area contributed by atoms with Crippen LogP contribution in [0.15, 0.2) is 24.3 Å². The van der Waals surface area contributed by atoms with Gasteiger partial charge in [-0.2, -0.15) is 0 Å². The fourth-order valence-corrected chi connectivity index (χ4v) is 1.60. The van der Waals surface area contributed by atoms with Crippen LogP contribution in [0.2, 0.25) is 0 Å². The van der Waals surface area contributed by atoms with Crippen LogP contribution >= 0.6 is 0 Å². The molecule has 0 fully saturated rings. The lowest BCUT2D eigenvalue weighted by Gasteiger charge is -2.00. The van der Waals surface area contributed by atoms with Gasteiger partial charge in [0.1, 0.15) is 0 Å². The van der Waals surface area contributed by atoms with Crippen LogP contribution in [0.5, 0.6) is 0 Å². The number of methoxy groups -OCH3 is 1. The van der Waals surface area contributed by atoms with Crippen molar-refractivity contribution in [1.29, 1.82) is 0 Å². The summed E-state index contributed by atoms with van der Waals surface area (Å²) in [5.41, 5.74) is 7.75. The van der Waals surface area contributed by atoms with Gasteiger partial charge in [0.2, 0.25) is 0 Å². The lowest BCUT2D eigenvalue weighted by Crippen LogP contribution is -2.02. The molecule has 0 atom stereocenters. The number of fused-ring (bicyclic) bond motifs is 1. The van der Waals surface area contributed by atoms with E-state index in [2.05, 4.69) is 4.98 Å². The number of hydrogen-bond donors (Lipinski definition) is 2. The molecule has 1 heterocycles. The van der Waals surface area contributed by atoms with Gasteiger partial charge >= 0.3 is 5.97 Å². The van der Waals surface area contributed by atoms with E-state index in [1.54, 1.807) is 6.07 Å². The molecule has 15 heavy (non-hydrogen) atoms. The molecular formula is C11H12N2O2. The van der Waals surface area contributed by atoms with Gasteiger partial charge < -0.3 is 15.5 Å². The molecule has 0 amide bonds. The third kappa shape index (κ3) is 1.59. The maximum absolute atomic E-state index is 11.5. The lowest BCUT2D eigenvalue weighted by atomic mass is 10.1. The third-order valence-electron chi connectivity index (χ3n) is 2.34. The molecule has 78 valence electrons. The summed E-state index contributed by atoms with van der Waals surface area (Å²) in [5, 5.41) is 0.971. The molecule has 4 heteroatoms. The van der Waals surface area contributed by atoms with E-state index in [1.165, 1.54) is 7.11 Å². The number of benzene rings is 1. The zero-order valence-corrected chi connectivity index (χ0v) is 8.41. The Morgan fingerprint density at radius 3 is 3.00 bits per heavy atom. The van der Waals surface area contributed by atoms with Gasteiger partial charge in [-0.1, -0.05) is 12.1 Å². The van der Waals surface area contributed by atoms with Gasteiger partial charge in [-0.05, 0) is 12.1 Å². The zero-order chi connectivity index (χ0) is 10.8. The standard InChI is InChI=1S/C11H12N2O2/c1-15-11(14)9-4-2-3-7-5-8(6-12)13-10(7)9/h2-5,13H,6,12H2,1H3. The molecule has 0 bridgehead atoms. The van der Waals surface area contributed by atoms with Crippen LogP contribution in [-0.2, 0) is 11.3 Å². The topological polar surface area (TPSA) is 68.1 Å². The van der Waals surface area contributed by atoms with E-state index in [0.717, 1.165) is 16.6 Å². The van der Waals surface area contributed by atoms with Crippen LogP contribution in [0, 0.1) is 0 Å². The molecule has 0 aliphatic heterocycles. The Kier molecular flexibility index (Phi) is 2.43. The summed E-state index contributed by atoms with van der Waals surface area (Å²) in [6, 6.07) is 7.41. The van der Waals surface area contributed by atoms with Gasteiger partial charge in [-0.15, -0.1) is 0 Å². The summed E-state index contributed by atoms with van der Waals surface area (Å²) in [6.45, 7) is 0.426. The zero-order valence-electron chi connectivity index (χ0n) is 8.41. The molecule has 3 N–H and O–H groups in total. The Hall–Kier alpha value is -1.81. The number of para-hydroxylation sites is 1. The number of H-pyrrole nitrogens is 1. The van der Waals surface area contributed by atoms with Crippen molar-refractivity contribution in [2.24, 2.45) is 5.73 Å². The number of nitrogens with two attached hydrogens (primary N) is 1. The van der Waals surface area contributed by atoms with Crippen LogP contribution in [0.4, 0.5) is 0 Å². The van der Waals surface area contributed by atoms with E-state index in [1.807, 2.05) is 18.2 Å². The minimum absolute atomic E-state index is 0.342. The molecule has 0 aliphatic rings. The summed E-state index contributed by atoms with van der Waals surface area (Å²) < 4.78 is 4.70. The van der Waals surface area contributed by atoms with E-state index in [9.17, 15) is 4.79 Å². The van der Waals surface area contributed by atoms with E-state index in [0.29, 0.717) is 12.1 Å². The van der Waals surface area contributed by atoms with Crippen LogP contribution < -0.4 is 5.73 Å². The smallest absolute Gasteiger partial charge is 0.339 e. The summed E-state index contributed by atoms with van der Waals surface area (Å²) in [7, 11) is 1.37. The van der Waals surface area contributed by atoms with Crippen molar-refractivity contribution >= 4 is 16.9 Å². The van der Waals surface area contributed by atoms with Crippen molar-refractivity contribution in [3.8, 4) is 0 Å². The molecule has 0 aliphatic carbocycles. The van der Waals surface area contributed by atoms with Gasteiger partial charge in [0, 0.05) is 17.6 Å². The fraction of sp³-hybridized carbons (Fsp3) is 0.182. The average Bonchev–Trinajstić information content (AvgIpc) is 2.70. The molecule has 0 radical (unpaired) electrons. The number of ether oxygens (including phenoxy) is 1. The van der Waals surface area contributed by atoms with E-state index < -0.39 is 0 Å². The molecule has 1 aromatic carbocycles. The first-order valence-electron chi connectivity index (χ1n) is 4.65. The minimum Gasteiger partial charge on any atom is -0.465 e. The summed E-state index contributed by atoms with van der Waals surface area (Å²) in [5.74, 6) is -0.342. The van der Waals surface area contributed by atoms with Gasteiger partial charge in [0.15, 0.2) is 0 Å². The number of carbonyl (C=O) groups excluding carboxylic acids is 1. The number of hydrogen-bond acceptors (Lipinski definition) is 3. The second-order valence-electron chi connectivity index (χ2n) is 3.26. The lowest BCUT2D eigenvalue weighted by molar-refractivity contribution is 0.0603. The highest BCUT2D eigenvalue weighted by Gasteiger charge is 2.11. The normalized spacial score (nSPS) is 10.5. The van der Waals surface area contributed by atoms with Gasteiger partial charge in [0.05, 0.1) is 18.2 Å². The van der Waals surface area contributed by atoms with Crippen LogP contribution in [0.25, 0.3) is 10.9 Å². The molecule has 0 saturated heterocycles. The molecule has 4 nitrogen and oxygen atoms in total. The largest absolute Gasteiger partial charge is 0.465 e. The van der Waals surface area contributed by atoms with Crippen LogP contribution in [-0.4, -0.2) is 18.1 Å². The van der Waals surface area contributed by atoms with Gasteiger partial charge in [-0.3, -0.25) is 0 Å². The summed E-state index contributed by atoms with van der Waals surface area (Å²) >= 11 is 0. The highest BCUT2D eigenvalue weighted by Crippen LogP contribution is 2.19. The van der Waals surface area contributed by atoms with E-state index >= 15 is 0 Å². The Balaban J connectivity index is 2.64. The van der Waals surface area contributed by atoms with E-state index in [4.69, 9.17) is 10.5 Å². The molecule has 1 aromatic heterocycles. The van der Waals surface area contributed by atoms with Crippen molar-refractivity contribution < 1.29 is 9.53 Å². The Morgan fingerprint density at radius 2 is 2.33 bits per heavy atom. The predicted octanol–water partition coefficient (Wildman–Crippen LogP) is 1.41. The molecule has 0 spiro atoms. The maximum atomic E-state index is 11.5. The fourth-order valence-electron chi connectivity index (χ4n) is 1.60. The van der Waals surface area contributed by atoms with Crippen LogP contribution in [0.3, 0.4) is 0 Å². The van der Waals surface area contributed by atoms with Crippen molar-refractivity contribution in [3.63, 3.8) is 0 Å². The highest BCUT2D eigenvalue weighted by molar-refractivity contribution is 6.03. The SMILES string of the molecule is COC(=O)c1cccc2cc(CN)[nH]c12. The van der Waals surface area contributed by atoms with Crippen molar-refractivity contribution in [1.82, 2.24) is 4.98 Å². The number of aromatic nitrogens is 1. The quantitative estimate of drug-likeness (QED) is 0.727. The third-order valence-corrected chi connectivity index (χ3v) is 2.34. The van der Waals surface area contributed by atoms with Gasteiger partial charge in [0.25, 0.3) is 0 Å². The van der Waals surface area contributed by atoms with Crippen molar-refractivity contribution in [2.75, 3.05) is 7.11 Å². The molecule has 2 rings (SSSR count). The number of aromatic amines is 1. The molecular weight excluding hydrogens is 192 g/mol. The first-order chi connectivity index (χ1) is 7.26. The Morgan fingerprint density at radius 1 is 1.53 bits per heavy atom. The Labute approximate surface area is 87.0 Å². The summed E-state index contributed by atoms with van der Waals surface area (Å²) in [4.78, 5) is 14.6. The first kappa shape index (κ1) is 9.73. The highest BCUT2D eigenvalue weighted by atomic mass is 16.5.